The number of benzene rings is 1. The summed E-state index contributed by atoms with van der Waals surface area (Å²) in [5, 5.41) is 0. The first kappa shape index (κ1) is 15.8. The van der Waals surface area contributed by atoms with Crippen LogP contribution in [0.3, 0.4) is 0 Å². The van der Waals surface area contributed by atoms with Crippen molar-refractivity contribution in [2.24, 2.45) is 0 Å². The first-order chi connectivity index (χ1) is 9.90. The molecule has 5 nitrogen and oxygen atoms in total. The molecule has 0 aromatic heterocycles. The van der Waals surface area contributed by atoms with Crippen LogP contribution < -0.4 is 4.72 Å². The standard InChI is InChI=1S/C15H22N2O3S/c1-3-14-9-4-5-10-17(14)15(18)12-7-6-8-13(11-12)16-21(2,19)20/h6-8,11,14,16H,3-5,9-10H2,1-2H3/t14-/m0/s1. The fourth-order valence-electron chi connectivity index (χ4n) is 2.79. The van der Waals surface area contributed by atoms with Gasteiger partial charge in [-0.1, -0.05) is 13.0 Å². The summed E-state index contributed by atoms with van der Waals surface area (Å²) in [6, 6.07) is 6.97. The number of nitrogens with zero attached hydrogens (tertiary/aromatic N) is 1. The van der Waals surface area contributed by atoms with Gasteiger partial charge in [-0.05, 0) is 43.9 Å². The summed E-state index contributed by atoms with van der Waals surface area (Å²) < 4.78 is 25.0. The maximum absolute atomic E-state index is 12.6. The fourth-order valence-corrected chi connectivity index (χ4v) is 3.34. The van der Waals surface area contributed by atoms with Gasteiger partial charge in [0.25, 0.3) is 5.91 Å². The molecule has 0 radical (unpaired) electrons. The second kappa shape index (κ2) is 6.47. The maximum Gasteiger partial charge on any atom is 0.254 e. The summed E-state index contributed by atoms with van der Waals surface area (Å²) in [5.41, 5.74) is 0.956. The lowest BCUT2D eigenvalue weighted by molar-refractivity contribution is 0.0608. The SMILES string of the molecule is CC[C@H]1CCCCN1C(=O)c1cccc(NS(C)(=O)=O)c1. The molecule has 1 amide bonds. The molecule has 1 aliphatic heterocycles. The van der Waals surface area contributed by atoms with Crippen molar-refractivity contribution in [2.75, 3.05) is 17.5 Å². The molecule has 2 rings (SSSR count). The van der Waals surface area contributed by atoms with Crippen LogP contribution in [0.5, 0.6) is 0 Å². The van der Waals surface area contributed by atoms with Gasteiger partial charge in [0.05, 0.1) is 6.26 Å². The van der Waals surface area contributed by atoms with E-state index >= 15 is 0 Å². The van der Waals surface area contributed by atoms with Gasteiger partial charge in [0.1, 0.15) is 0 Å². The molecule has 0 bridgehead atoms. The fraction of sp³-hybridized carbons (Fsp3) is 0.533. The van der Waals surface area contributed by atoms with Crippen LogP contribution in [0.25, 0.3) is 0 Å². The minimum absolute atomic E-state index is 0.0151. The zero-order valence-corrected chi connectivity index (χ0v) is 13.3. The molecule has 0 unspecified atom stereocenters. The Hall–Kier alpha value is -1.56. The Morgan fingerprint density at radius 3 is 2.81 bits per heavy atom. The number of carbonyl (C=O) groups excluding carboxylic acids is 1. The molecule has 116 valence electrons. The lowest BCUT2D eigenvalue weighted by Crippen LogP contribution is -2.43. The highest BCUT2D eigenvalue weighted by Crippen LogP contribution is 2.23. The van der Waals surface area contributed by atoms with Crippen LogP contribution in [-0.2, 0) is 10.0 Å². The number of hydrogen-bond donors (Lipinski definition) is 1. The summed E-state index contributed by atoms with van der Waals surface area (Å²) >= 11 is 0. The Bertz CT molecular complexity index is 613. The first-order valence-electron chi connectivity index (χ1n) is 7.29. The topological polar surface area (TPSA) is 66.5 Å². The van der Waals surface area contributed by atoms with Crippen molar-refractivity contribution in [2.45, 2.75) is 38.6 Å². The summed E-state index contributed by atoms with van der Waals surface area (Å²) in [5.74, 6) is -0.0151. The van der Waals surface area contributed by atoms with Crippen LogP contribution in [0.4, 0.5) is 5.69 Å². The van der Waals surface area contributed by atoms with E-state index in [1.807, 2.05) is 4.90 Å². The van der Waals surface area contributed by atoms with E-state index in [1.54, 1.807) is 24.3 Å². The van der Waals surface area contributed by atoms with Gasteiger partial charge in [-0.25, -0.2) is 8.42 Å². The van der Waals surface area contributed by atoms with E-state index in [4.69, 9.17) is 0 Å². The smallest absolute Gasteiger partial charge is 0.254 e. The minimum Gasteiger partial charge on any atom is -0.336 e. The monoisotopic (exact) mass is 310 g/mol. The number of piperidine rings is 1. The number of hydrogen-bond acceptors (Lipinski definition) is 3. The van der Waals surface area contributed by atoms with Crippen molar-refractivity contribution in [3.8, 4) is 0 Å². The van der Waals surface area contributed by atoms with Crippen LogP contribution in [0.1, 0.15) is 43.0 Å². The number of nitrogens with one attached hydrogen (secondary N) is 1. The Morgan fingerprint density at radius 2 is 2.14 bits per heavy atom. The average Bonchev–Trinajstić information content (AvgIpc) is 2.45. The van der Waals surface area contributed by atoms with E-state index in [2.05, 4.69) is 11.6 Å². The number of rotatable bonds is 4. The summed E-state index contributed by atoms with van der Waals surface area (Å²) in [6.45, 7) is 2.87. The van der Waals surface area contributed by atoms with Crippen molar-refractivity contribution in [1.29, 1.82) is 0 Å². The molecular formula is C15H22N2O3S. The predicted octanol–water partition coefficient (Wildman–Crippen LogP) is 2.46. The van der Waals surface area contributed by atoms with E-state index in [0.717, 1.165) is 38.5 Å². The highest BCUT2D eigenvalue weighted by atomic mass is 32.2. The Kier molecular flexibility index (Phi) is 4.88. The van der Waals surface area contributed by atoms with Gasteiger partial charge >= 0.3 is 0 Å². The first-order valence-corrected chi connectivity index (χ1v) is 9.18. The Labute approximate surface area is 126 Å². The molecule has 0 aliphatic carbocycles. The van der Waals surface area contributed by atoms with Crippen LogP contribution in [-0.4, -0.2) is 38.1 Å². The van der Waals surface area contributed by atoms with Gasteiger partial charge in [-0.2, -0.15) is 0 Å². The quantitative estimate of drug-likeness (QED) is 0.929. The van der Waals surface area contributed by atoms with Gasteiger partial charge in [-0.15, -0.1) is 0 Å². The molecule has 1 aliphatic rings. The largest absolute Gasteiger partial charge is 0.336 e. The van der Waals surface area contributed by atoms with Crippen molar-refractivity contribution in [3.05, 3.63) is 29.8 Å². The summed E-state index contributed by atoms with van der Waals surface area (Å²) in [6.07, 6.45) is 5.29. The number of amides is 1. The number of likely N-dealkylation sites (tertiary alicyclic amines) is 1. The molecule has 1 aromatic carbocycles. The zero-order chi connectivity index (χ0) is 15.5. The predicted molar refractivity (Wildman–Crippen MR) is 83.9 cm³/mol. The van der Waals surface area contributed by atoms with E-state index in [9.17, 15) is 13.2 Å². The van der Waals surface area contributed by atoms with Gasteiger partial charge in [0.15, 0.2) is 0 Å². The normalized spacial score (nSPS) is 19.3. The van der Waals surface area contributed by atoms with Crippen LogP contribution in [0, 0.1) is 0 Å². The maximum atomic E-state index is 12.6. The van der Waals surface area contributed by atoms with E-state index in [1.165, 1.54) is 0 Å². The van der Waals surface area contributed by atoms with Gasteiger partial charge in [0, 0.05) is 23.8 Å². The molecule has 6 heteroatoms. The Balaban J connectivity index is 2.20. The molecule has 21 heavy (non-hydrogen) atoms. The van der Waals surface area contributed by atoms with Crippen LogP contribution >= 0.6 is 0 Å². The third-order valence-electron chi connectivity index (χ3n) is 3.77. The molecule has 1 N–H and O–H groups in total. The van der Waals surface area contributed by atoms with Gasteiger partial charge in [-0.3, -0.25) is 9.52 Å². The molecule has 0 spiro atoms. The van der Waals surface area contributed by atoms with Crippen molar-refractivity contribution in [1.82, 2.24) is 4.90 Å². The third-order valence-corrected chi connectivity index (χ3v) is 4.38. The molecule has 1 saturated heterocycles. The second-order valence-corrected chi connectivity index (χ2v) is 7.26. The highest BCUT2D eigenvalue weighted by molar-refractivity contribution is 7.92. The van der Waals surface area contributed by atoms with Crippen molar-refractivity contribution < 1.29 is 13.2 Å². The van der Waals surface area contributed by atoms with E-state index in [-0.39, 0.29) is 11.9 Å². The second-order valence-electron chi connectivity index (χ2n) is 5.51. The molecule has 1 heterocycles. The molecular weight excluding hydrogens is 288 g/mol. The Morgan fingerprint density at radius 1 is 1.38 bits per heavy atom. The summed E-state index contributed by atoms with van der Waals surface area (Å²) in [4.78, 5) is 14.6. The van der Waals surface area contributed by atoms with E-state index < -0.39 is 10.0 Å². The number of sulfonamides is 1. The lowest BCUT2D eigenvalue weighted by atomic mass is 9.99. The third kappa shape index (κ3) is 4.20. The lowest BCUT2D eigenvalue weighted by Gasteiger charge is -2.35. The zero-order valence-electron chi connectivity index (χ0n) is 12.5. The average molecular weight is 310 g/mol. The van der Waals surface area contributed by atoms with Gasteiger partial charge in [0.2, 0.25) is 10.0 Å². The molecule has 1 fully saturated rings. The van der Waals surface area contributed by atoms with Crippen molar-refractivity contribution in [3.63, 3.8) is 0 Å². The van der Waals surface area contributed by atoms with E-state index in [0.29, 0.717) is 11.3 Å². The molecule has 1 atom stereocenters. The molecule has 0 saturated carbocycles. The van der Waals surface area contributed by atoms with Crippen LogP contribution in [0.15, 0.2) is 24.3 Å². The summed E-state index contributed by atoms with van der Waals surface area (Å²) in [7, 11) is -3.33. The highest BCUT2D eigenvalue weighted by Gasteiger charge is 2.26. The van der Waals surface area contributed by atoms with Gasteiger partial charge < -0.3 is 4.90 Å². The van der Waals surface area contributed by atoms with Crippen molar-refractivity contribution >= 4 is 21.6 Å². The van der Waals surface area contributed by atoms with Crippen LogP contribution in [0.2, 0.25) is 0 Å². The minimum atomic E-state index is -3.33. The number of carbonyl (C=O) groups is 1. The number of anilines is 1. The molecule has 1 aromatic rings.